The summed E-state index contributed by atoms with van der Waals surface area (Å²) in [6.07, 6.45) is 21.0. The smallest absolute Gasteiger partial charge is 0.347 e. The van der Waals surface area contributed by atoms with E-state index in [0.717, 1.165) is 12.8 Å². The molecule has 0 unspecified atom stereocenters. The summed E-state index contributed by atoms with van der Waals surface area (Å²) in [7, 11) is 1.48. The summed E-state index contributed by atoms with van der Waals surface area (Å²) in [5.41, 5.74) is 1.70. The third kappa shape index (κ3) is 14.6. The maximum absolute atomic E-state index is 12.7. The molecular weight excluding hydrogens is 1040 g/mol. The molecule has 0 saturated heterocycles. The van der Waals surface area contributed by atoms with Crippen LogP contribution in [0.5, 0.6) is 11.5 Å². The van der Waals surface area contributed by atoms with Crippen LogP contribution in [-0.2, 0) is 0 Å². The first-order valence-electron chi connectivity index (χ1n) is 27.0. The van der Waals surface area contributed by atoms with Crippen molar-refractivity contribution < 1.29 is 27.1 Å². The Morgan fingerprint density at radius 3 is 1.09 bits per heavy atom. The van der Waals surface area contributed by atoms with Crippen LogP contribution in [0.2, 0.25) is 10.0 Å². The molecule has 0 saturated carbocycles. The molecular formula is C63H60Cl2N4O10. The van der Waals surface area contributed by atoms with Crippen LogP contribution in [0.25, 0.3) is 89.4 Å². The lowest BCUT2D eigenvalue weighted by atomic mass is 10.0. The van der Waals surface area contributed by atoms with Gasteiger partial charge in [-0.1, -0.05) is 151 Å². The molecule has 10 rings (SSSR count). The minimum atomic E-state index is -0.559. The molecule has 0 bridgehead atoms. The summed E-state index contributed by atoms with van der Waals surface area (Å²) in [6.45, 7) is 2.82. The SMILES string of the molecule is CCCCCCCCCCCCCCCCCCOc1cc(-c2nc3ccccc3c(=O)o2)cc(-c2nc3ccccc3c(=O)o2)c1.COc1cc(-c2nc3cc(Cl)ccc3c(=O)o2)cc(-c2nc3cc(Cl)ccc3c(=O)o2)c1. The molecule has 406 valence electrons. The van der Waals surface area contributed by atoms with Gasteiger partial charge in [0, 0.05) is 32.3 Å². The van der Waals surface area contributed by atoms with Gasteiger partial charge in [0.25, 0.3) is 0 Å². The minimum absolute atomic E-state index is 0.0519. The minimum Gasteiger partial charge on any atom is -0.497 e. The number of benzene rings is 6. The predicted molar refractivity (Wildman–Crippen MR) is 312 cm³/mol. The Kier molecular flexibility index (Phi) is 19.1. The summed E-state index contributed by atoms with van der Waals surface area (Å²) in [4.78, 5) is 68.4. The Morgan fingerprint density at radius 2 is 0.709 bits per heavy atom. The number of fused-ring (bicyclic) bond motifs is 4. The van der Waals surface area contributed by atoms with Gasteiger partial charge < -0.3 is 27.1 Å². The van der Waals surface area contributed by atoms with E-state index in [1.54, 1.807) is 109 Å². The van der Waals surface area contributed by atoms with Crippen molar-refractivity contribution >= 4 is 66.8 Å². The number of hydrogen-bond acceptors (Lipinski definition) is 14. The zero-order valence-electron chi connectivity index (χ0n) is 44.2. The van der Waals surface area contributed by atoms with E-state index in [4.69, 9.17) is 50.3 Å². The van der Waals surface area contributed by atoms with Crippen molar-refractivity contribution in [3.63, 3.8) is 0 Å². The molecule has 0 aliphatic rings. The standard InChI is InChI=1S/C40H48N2O5.C23H12Cl2N2O5/c1-2-3-4-5-6-7-8-9-10-11-12-13-14-15-16-21-26-45-32-28-30(37-41-35-24-19-17-22-33(35)39(43)46-37)27-31(29-32)38-42-36-25-20-18-23-34(36)40(44)47-38;1-30-15-7-11(20-26-18-9-13(24)2-4-16(18)22(28)31-20)6-12(8-15)21-27-19-10-14(25)3-5-17(19)23(29)32-21/h17-20,22-25,27-29H,2-16,21,26H2,1H3;2-10H,1H3. The van der Waals surface area contributed by atoms with Crippen molar-refractivity contribution in [3.05, 3.63) is 173 Å². The van der Waals surface area contributed by atoms with Gasteiger partial charge in [0.1, 0.15) is 11.5 Å². The normalized spacial score (nSPS) is 11.3. The molecule has 0 N–H and O–H groups in total. The third-order valence-electron chi connectivity index (χ3n) is 13.6. The van der Waals surface area contributed by atoms with Gasteiger partial charge in [-0.2, -0.15) is 0 Å². The summed E-state index contributed by atoms with van der Waals surface area (Å²) < 4.78 is 33.6. The number of nitrogens with zero attached hydrogens (tertiary/aromatic N) is 4. The molecule has 4 heterocycles. The number of para-hydroxylation sites is 2. The van der Waals surface area contributed by atoms with Crippen molar-refractivity contribution in [2.45, 2.75) is 110 Å². The van der Waals surface area contributed by atoms with Crippen LogP contribution in [0.4, 0.5) is 0 Å². The molecule has 0 atom stereocenters. The van der Waals surface area contributed by atoms with Gasteiger partial charge in [0.2, 0.25) is 23.6 Å². The lowest BCUT2D eigenvalue weighted by molar-refractivity contribution is 0.304. The maximum atomic E-state index is 12.7. The number of ether oxygens (including phenoxy) is 2. The van der Waals surface area contributed by atoms with Gasteiger partial charge in [-0.3, -0.25) is 0 Å². The highest BCUT2D eigenvalue weighted by Crippen LogP contribution is 2.33. The summed E-state index contributed by atoms with van der Waals surface area (Å²) in [5, 5.41) is 2.31. The summed E-state index contributed by atoms with van der Waals surface area (Å²) in [5.74, 6) is 1.40. The quantitative estimate of drug-likeness (QED) is 0.0550. The van der Waals surface area contributed by atoms with Gasteiger partial charge >= 0.3 is 22.5 Å². The lowest BCUT2D eigenvalue weighted by Gasteiger charge is -2.11. The van der Waals surface area contributed by atoms with E-state index in [9.17, 15) is 19.2 Å². The zero-order valence-corrected chi connectivity index (χ0v) is 45.7. The van der Waals surface area contributed by atoms with Crippen LogP contribution in [0, 0.1) is 0 Å². The van der Waals surface area contributed by atoms with E-state index in [-0.39, 0.29) is 23.6 Å². The average molecular weight is 1100 g/mol. The third-order valence-corrected chi connectivity index (χ3v) is 14.0. The lowest BCUT2D eigenvalue weighted by Crippen LogP contribution is -2.04. The fraction of sp³-hybridized carbons (Fsp3) is 0.302. The molecule has 4 aromatic heterocycles. The number of rotatable bonds is 23. The highest BCUT2D eigenvalue weighted by Gasteiger charge is 2.18. The molecule has 0 fully saturated rings. The Morgan fingerprint density at radius 1 is 0.380 bits per heavy atom. The molecule has 16 heteroatoms. The molecule has 0 aliphatic heterocycles. The van der Waals surface area contributed by atoms with E-state index in [1.165, 1.54) is 97.0 Å². The van der Waals surface area contributed by atoms with Crippen molar-refractivity contribution in [1.82, 2.24) is 19.9 Å². The predicted octanol–water partition coefficient (Wildman–Crippen LogP) is 16.0. The van der Waals surface area contributed by atoms with Gasteiger partial charge in [0.15, 0.2) is 0 Å². The van der Waals surface area contributed by atoms with Crippen molar-refractivity contribution in [2.24, 2.45) is 0 Å². The zero-order chi connectivity index (χ0) is 55.1. The van der Waals surface area contributed by atoms with Crippen molar-refractivity contribution in [2.75, 3.05) is 13.7 Å². The molecule has 14 nitrogen and oxygen atoms in total. The Balaban J connectivity index is 0.000000205. The molecule has 0 spiro atoms. The van der Waals surface area contributed by atoms with E-state index < -0.39 is 22.5 Å². The highest BCUT2D eigenvalue weighted by atomic mass is 35.5. The molecule has 0 radical (unpaired) electrons. The number of aromatic nitrogens is 4. The van der Waals surface area contributed by atoms with Gasteiger partial charge in [-0.05, 0) is 103 Å². The number of hydrogen-bond donors (Lipinski definition) is 0. The average Bonchev–Trinajstić information content (AvgIpc) is 3.51. The first-order valence-corrected chi connectivity index (χ1v) is 27.8. The van der Waals surface area contributed by atoms with Gasteiger partial charge in [-0.15, -0.1) is 0 Å². The summed E-state index contributed by atoms with van der Waals surface area (Å²) >= 11 is 12.1. The Hall–Kier alpha value is -7.94. The van der Waals surface area contributed by atoms with E-state index in [0.29, 0.717) is 94.0 Å². The second-order valence-corrected chi connectivity index (χ2v) is 20.3. The Labute approximate surface area is 465 Å². The number of halogens is 2. The first kappa shape index (κ1) is 55.8. The highest BCUT2D eigenvalue weighted by molar-refractivity contribution is 6.31. The van der Waals surface area contributed by atoms with Crippen molar-refractivity contribution in [1.29, 1.82) is 0 Å². The van der Waals surface area contributed by atoms with Crippen LogP contribution in [0.1, 0.15) is 110 Å². The van der Waals surface area contributed by atoms with Crippen LogP contribution in [0.15, 0.2) is 158 Å². The monoisotopic (exact) mass is 1100 g/mol. The van der Waals surface area contributed by atoms with E-state index in [2.05, 4.69) is 26.9 Å². The molecule has 0 aliphatic carbocycles. The van der Waals surface area contributed by atoms with Crippen LogP contribution < -0.4 is 32.0 Å². The number of unbranched alkanes of at least 4 members (excludes halogenated alkanes) is 15. The van der Waals surface area contributed by atoms with Crippen LogP contribution in [0.3, 0.4) is 0 Å². The van der Waals surface area contributed by atoms with E-state index in [1.807, 2.05) is 12.1 Å². The van der Waals surface area contributed by atoms with E-state index >= 15 is 0 Å². The molecule has 0 amide bonds. The summed E-state index contributed by atoms with van der Waals surface area (Å²) in [6, 6.07) is 33.8. The second kappa shape index (κ2) is 27.1. The van der Waals surface area contributed by atoms with Crippen molar-refractivity contribution in [3.8, 4) is 57.3 Å². The largest absolute Gasteiger partial charge is 0.497 e. The molecule has 6 aromatic carbocycles. The van der Waals surface area contributed by atoms with Gasteiger partial charge in [-0.25, -0.2) is 39.1 Å². The fourth-order valence-electron chi connectivity index (χ4n) is 9.35. The topological polar surface area (TPSA) is 191 Å². The number of methoxy groups -OCH3 is 1. The van der Waals surface area contributed by atoms with Crippen LogP contribution >= 0.6 is 23.2 Å². The molecule has 10 aromatic rings. The van der Waals surface area contributed by atoms with Gasteiger partial charge in [0.05, 0.1) is 57.3 Å². The Bertz CT molecular complexity index is 3760. The van der Waals surface area contributed by atoms with Crippen LogP contribution in [-0.4, -0.2) is 33.7 Å². The fourth-order valence-corrected chi connectivity index (χ4v) is 9.69. The molecule has 79 heavy (non-hydrogen) atoms. The second-order valence-electron chi connectivity index (χ2n) is 19.4. The first-order chi connectivity index (χ1) is 38.5. The maximum Gasteiger partial charge on any atom is 0.347 e.